The van der Waals surface area contributed by atoms with Crippen LogP contribution in [-0.2, 0) is 11.3 Å². The zero-order chi connectivity index (χ0) is 25.1. The fraction of sp³-hybridized carbons (Fsp3) is 0.231. The van der Waals surface area contributed by atoms with Crippen molar-refractivity contribution in [3.63, 3.8) is 0 Å². The van der Waals surface area contributed by atoms with E-state index >= 15 is 0 Å². The number of nitrogens with zero attached hydrogens (tertiary/aromatic N) is 5. The minimum absolute atomic E-state index is 0.0947. The number of rotatable bonds is 8. The van der Waals surface area contributed by atoms with Crippen LogP contribution < -0.4 is 21.5 Å². The zero-order valence-corrected chi connectivity index (χ0v) is 20.0. The molecule has 10 nitrogen and oxygen atoms in total. The third-order valence-corrected chi connectivity index (χ3v) is 5.66. The molecule has 3 aromatic heterocycles. The SMILES string of the molecule is Cc1ccnc(Nc2cc(Nc3ccc(NC(=O)Cn4cnc(C5CC5)cc4=O)cc3)nc(C)n2)c1. The number of aromatic nitrogens is 5. The Balaban J connectivity index is 1.20. The second-order valence-electron chi connectivity index (χ2n) is 8.83. The van der Waals surface area contributed by atoms with Gasteiger partial charge in [0.2, 0.25) is 5.91 Å². The van der Waals surface area contributed by atoms with E-state index in [0.717, 1.165) is 29.8 Å². The molecule has 10 heteroatoms. The molecule has 182 valence electrons. The van der Waals surface area contributed by atoms with Crippen LogP contribution in [0.25, 0.3) is 0 Å². The predicted molar refractivity (Wildman–Crippen MR) is 138 cm³/mol. The van der Waals surface area contributed by atoms with Crippen molar-refractivity contribution >= 4 is 34.7 Å². The van der Waals surface area contributed by atoms with Gasteiger partial charge in [-0.05, 0) is 68.7 Å². The Labute approximate surface area is 207 Å². The Hall–Kier alpha value is -4.60. The highest BCUT2D eigenvalue weighted by Crippen LogP contribution is 2.38. The van der Waals surface area contributed by atoms with Gasteiger partial charge in [0.1, 0.15) is 29.8 Å². The van der Waals surface area contributed by atoms with E-state index in [2.05, 4.69) is 35.9 Å². The number of hydrogen-bond acceptors (Lipinski definition) is 8. The highest BCUT2D eigenvalue weighted by Gasteiger charge is 2.25. The van der Waals surface area contributed by atoms with Crippen LogP contribution in [0.1, 0.15) is 35.8 Å². The van der Waals surface area contributed by atoms with Crippen molar-refractivity contribution in [2.45, 2.75) is 39.2 Å². The second kappa shape index (κ2) is 9.95. The first-order valence-corrected chi connectivity index (χ1v) is 11.7. The maximum absolute atomic E-state index is 12.4. The number of aryl methyl sites for hydroxylation is 2. The molecule has 1 aliphatic carbocycles. The van der Waals surface area contributed by atoms with Crippen LogP contribution in [0, 0.1) is 13.8 Å². The summed E-state index contributed by atoms with van der Waals surface area (Å²) in [4.78, 5) is 42.2. The van der Waals surface area contributed by atoms with Gasteiger partial charge < -0.3 is 16.0 Å². The number of benzene rings is 1. The molecule has 5 rings (SSSR count). The Morgan fingerprint density at radius 3 is 2.33 bits per heavy atom. The summed E-state index contributed by atoms with van der Waals surface area (Å²) in [7, 11) is 0. The van der Waals surface area contributed by atoms with Gasteiger partial charge in [-0.3, -0.25) is 14.2 Å². The van der Waals surface area contributed by atoms with E-state index in [9.17, 15) is 9.59 Å². The molecule has 3 heterocycles. The molecule has 0 unspecified atom stereocenters. The first-order valence-electron chi connectivity index (χ1n) is 11.7. The Morgan fingerprint density at radius 1 is 0.917 bits per heavy atom. The van der Waals surface area contributed by atoms with Crippen molar-refractivity contribution in [3.8, 4) is 0 Å². The van der Waals surface area contributed by atoms with Crippen LogP contribution in [-0.4, -0.2) is 30.4 Å². The van der Waals surface area contributed by atoms with E-state index in [4.69, 9.17) is 0 Å². The van der Waals surface area contributed by atoms with Gasteiger partial charge in [0.25, 0.3) is 5.56 Å². The van der Waals surface area contributed by atoms with E-state index in [1.165, 1.54) is 17.0 Å². The molecular weight excluding hydrogens is 456 g/mol. The third kappa shape index (κ3) is 5.90. The van der Waals surface area contributed by atoms with Gasteiger partial charge in [0.15, 0.2) is 0 Å². The maximum Gasteiger partial charge on any atom is 0.254 e. The molecule has 0 bridgehead atoms. The number of hydrogen-bond donors (Lipinski definition) is 3. The Bertz CT molecular complexity index is 1460. The summed E-state index contributed by atoms with van der Waals surface area (Å²) in [6.07, 6.45) is 5.33. The van der Waals surface area contributed by atoms with Crippen LogP contribution in [0.5, 0.6) is 0 Å². The molecule has 0 saturated heterocycles. The van der Waals surface area contributed by atoms with E-state index in [0.29, 0.717) is 34.9 Å². The van der Waals surface area contributed by atoms with Crippen molar-refractivity contribution in [2.75, 3.05) is 16.0 Å². The third-order valence-electron chi connectivity index (χ3n) is 5.66. The molecule has 0 spiro atoms. The molecule has 1 fully saturated rings. The summed E-state index contributed by atoms with van der Waals surface area (Å²) >= 11 is 0. The minimum Gasteiger partial charge on any atom is -0.340 e. The number of carbonyl (C=O) groups excluding carboxylic acids is 1. The quantitative estimate of drug-likeness (QED) is 0.343. The van der Waals surface area contributed by atoms with E-state index in [1.54, 1.807) is 24.4 Å². The van der Waals surface area contributed by atoms with Crippen molar-refractivity contribution in [3.05, 3.63) is 88.5 Å². The number of carbonyl (C=O) groups is 1. The summed E-state index contributed by atoms with van der Waals surface area (Å²) in [6, 6.07) is 14.4. The maximum atomic E-state index is 12.4. The monoisotopic (exact) mass is 482 g/mol. The molecule has 1 aliphatic rings. The van der Waals surface area contributed by atoms with Gasteiger partial charge in [-0.25, -0.2) is 19.9 Å². The van der Waals surface area contributed by atoms with Crippen LogP contribution >= 0.6 is 0 Å². The second-order valence-corrected chi connectivity index (χ2v) is 8.83. The first-order chi connectivity index (χ1) is 17.4. The molecule has 0 radical (unpaired) electrons. The molecule has 4 aromatic rings. The normalized spacial score (nSPS) is 12.7. The fourth-order valence-corrected chi connectivity index (χ4v) is 3.73. The summed E-state index contributed by atoms with van der Waals surface area (Å²) in [5, 5.41) is 9.26. The standard InChI is InChI=1S/C26H26N8O2/c1-16-9-10-27-22(11-16)33-24-13-23(29-17(2)30-24)31-19-5-7-20(8-6-19)32-25(35)14-34-15-28-21(12-26(34)36)18-3-4-18/h5-13,15,18H,3-4,14H2,1-2H3,(H,32,35)(H2,27,29,30,31,33). The summed E-state index contributed by atoms with van der Waals surface area (Å²) in [5.41, 5.74) is 3.11. The predicted octanol–water partition coefficient (Wildman–Crippen LogP) is 4.05. The van der Waals surface area contributed by atoms with Crippen molar-refractivity contribution in [1.82, 2.24) is 24.5 Å². The largest absolute Gasteiger partial charge is 0.340 e. The van der Waals surface area contributed by atoms with E-state index < -0.39 is 0 Å². The first kappa shape index (κ1) is 23.2. The smallest absolute Gasteiger partial charge is 0.254 e. The average Bonchev–Trinajstić information content (AvgIpc) is 3.67. The van der Waals surface area contributed by atoms with Crippen LogP contribution in [0.2, 0.25) is 0 Å². The molecule has 3 N–H and O–H groups in total. The van der Waals surface area contributed by atoms with Gasteiger partial charge >= 0.3 is 0 Å². The van der Waals surface area contributed by atoms with Crippen LogP contribution in [0.15, 0.2) is 65.8 Å². The van der Waals surface area contributed by atoms with Gasteiger partial charge in [-0.2, -0.15) is 0 Å². The lowest BCUT2D eigenvalue weighted by molar-refractivity contribution is -0.116. The molecule has 1 saturated carbocycles. The number of pyridine rings is 1. The van der Waals surface area contributed by atoms with E-state index in [-0.39, 0.29) is 18.0 Å². The number of nitrogens with one attached hydrogen (secondary N) is 3. The molecule has 1 aromatic carbocycles. The van der Waals surface area contributed by atoms with Gasteiger partial charge in [0.05, 0.1) is 12.0 Å². The Kier molecular flexibility index (Phi) is 6.40. The summed E-state index contributed by atoms with van der Waals surface area (Å²) < 4.78 is 1.31. The lowest BCUT2D eigenvalue weighted by atomic mass is 10.2. The highest BCUT2D eigenvalue weighted by molar-refractivity contribution is 5.90. The van der Waals surface area contributed by atoms with Gasteiger partial charge in [-0.1, -0.05) is 0 Å². The van der Waals surface area contributed by atoms with Crippen LogP contribution in [0.4, 0.5) is 28.8 Å². The minimum atomic E-state index is -0.300. The van der Waals surface area contributed by atoms with E-state index in [1.807, 2.05) is 38.1 Å². The van der Waals surface area contributed by atoms with Crippen molar-refractivity contribution in [1.29, 1.82) is 0 Å². The van der Waals surface area contributed by atoms with Crippen molar-refractivity contribution in [2.24, 2.45) is 0 Å². The highest BCUT2D eigenvalue weighted by atomic mass is 16.2. The molecular formula is C26H26N8O2. The van der Waals surface area contributed by atoms with Gasteiger partial charge in [0, 0.05) is 35.6 Å². The summed E-state index contributed by atoms with van der Waals surface area (Å²) in [6.45, 7) is 3.72. The van der Waals surface area contributed by atoms with Crippen molar-refractivity contribution < 1.29 is 4.79 Å². The number of amides is 1. The molecule has 0 aliphatic heterocycles. The molecule has 1 amide bonds. The molecule has 36 heavy (non-hydrogen) atoms. The van der Waals surface area contributed by atoms with Crippen LogP contribution in [0.3, 0.4) is 0 Å². The average molecular weight is 483 g/mol. The van der Waals surface area contributed by atoms with Gasteiger partial charge in [-0.15, -0.1) is 0 Å². The lowest BCUT2D eigenvalue weighted by Crippen LogP contribution is -2.27. The zero-order valence-electron chi connectivity index (χ0n) is 20.0. The molecule has 0 atom stereocenters. The Morgan fingerprint density at radius 2 is 1.64 bits per heavy atom. The summed E-state index contributed by atoms with van der Waals surface area (Å²) in [5.74, 6) is 2.65. The number of anilines is 5. The lowest BCUT2D eigenvalue weighted by Gasteiger charge is -2.11. The topological polar surface area (TPSA) is 127 Å². The fourth-order valence-electron chi connectivity index (χ4n) is 3.73.